The minimum atomic E-state index is -1.88. The van der Waals surface area contributed by atoms with Crippen LogP contribution in [0.4, 0.5) is 0 Å². The maximum Gasteiger partial charge on any atom is 0.200 e. The van der Waals surface area contributed by atoms with Gasteiger partial charge in [-0.1, -0.05) is 54.5 Å². The highest BCUT2D eigenvalue weighted by atomic mass is 28.4. The van der Waals surface area contributed by atoms with Crippen LogP contribution in [0.3, 0.4) is 0 Å². The van der Waals surface area contributed by atoms with Crippen LogP contribution in [-0.2, 0) is 4.43 Å². The van der Waals surface area contributed by atoms with E-state index in [0.717, 1.165) is 6.42 Å². The summed E-state index contributed by atoms with van der Waals surface area (Å²) >= 11 is 0. The summed E-state index contributed by atoms with van der Waals surface area (Å²) in [6.45, 7) is 20.0. The van der Waals surface area contributed by atoms with Crippen molar-refractivity contribution in [2.75, 3.05) is 0 Å². The molecule has 1 aliphatic carbocycles. The number of rotatable bonds is 6. The lowest BCUT2D eigenvalue weighted by atomic mass is 10.0. The fourth-order valence-corrected chi connectivity index (χ4v) is 10.1. The van der Waals surface area contributed by atoms with Gasteiger partial charge in [-0.25, -0.2) is 0 Å². The van der Waals surface area contributed by atoms with Crippen molar-refractivity contribution in [3.63, 3.8) is 0 Å². The first-order valence-electron chi connectivity index (χ1n) is 8.16. The van der Waals surface area contributed by atoms with Crippen molar-refractivity contribution in [2.45, 2.75) is 83.7 Å². The fourth-order valence-electron chi connectivity index (χ4n) is 4.40. The molecule has 0 aromatic rings. The summed E-state index contributed by atoms with van der Waals surface area (Å²) in [7, 11) is -1.88. The van der Waals surface area contributed by atoms with E-state index in [1.807, 2.05) is 6.08 Å². The molecule has 0 amide bonds. The predicted octanol–water partition coefficient (Wildman–Crippen LogP) is 4.75. The zero-order valence-corrected chi connectivity index (χ0v) is 15.4. The Labute approximate surface area is 126 Å². The SMILES string of the molecule is C=CC1[C@H](O)C[C@@H](C)[C@@H]1O[Si](C(C)C)(C(C)C)C(C)C. The van der Waals surface area contributed by atoms with Crippen molar-refractivity contribution in [3.05, 3.63) is 12.7 Å². The van der Waals surface area contributed by atoms with Gasteiger partial charge in [-0.3, -0.25) is 0 Å². The molecule has 20 heavy (non-hydrogen) atoms. The first-order valence-corrected chi connectivity index (χ1v) is 10.3. The topological polar surface area (TPSA) is 29.5 Å². The van der Waals surface area contributed by atoms with Gasteiger partial charge in [0.2, 0.25) is 8.32 Å². The number of aliphatic hydroxyl groups excluding tert-OH is 1. The summed E-state index contributed by atoms with van der Waals surface area (Å²) < 4.78 is 6.88. The molecule has 4 atom stereocenters. The van der Waals surface area contributed by atoms with E-state index in [-0.39, 0.29) is 18.1 Å². The maximum absolute atomic E-state index is 10.2. The minimum Gasteiger partial charge on any atom is -0.412 e. The zero-order chi connectivity index (χ0) is 15.7. The molecule has 1 aliphatic rings. The van der Waals surface area contributed by atoms with Crippen LogP contribution in [0.1, 0.15) is 54.9 Å². The maximum atomic E-state index is 10.2. The molecular weight excluding hydrogens is 264 g/mol. The minimum absolute atomic E-state index is 0.0909. The van der Waals surface area contributed by atoms with Gasteiger partial charge in [0, 0.05) is 5.92 Å². The number of aliphatic hydroxyl groups is 1. The van der Waals surface area contributed by atoms with Gasteiger partial charge in [0.1, 0.15) is 0 Å². The van der Waals surface area contributed by atoms with E-state index in [0.29, 0.717) is 22.5 Å². The molecule has 0 heterocycles. The summed E-state index contributed by atoms with van der Waals surface area (Å²) in [5.41, 5.74) is 1.74. The van der Waals surface area contributed by atoms with Crippen LogP contribution in [-0.4, -0.2) is 25.6 Å². The van der Waals surface area contributed by atoms with E-state index in [1.54, 1.807) is 0 Å². The fraction of sp³-hybridized carbons (Fsp3) is 0.882. The van der Waals surface area contributed by atoms with E-state index in [4.69, 9.17) is 4.43 Å². The Morgan fingerprint density at radius 2 is 1.55 bits per heavy atom. The predicted molar refractivity (Wildman–Crippen MR) is 89.4 cm³/mol. The van der Waals surface area contributed by atoms with Gasteiger partial charge in [0.15, 0.2) is 0 Å². The van der Waals surface area contributed by atoms with Crippen LogP contribution in [0, 0.1) is 11.8 Å². The summed E-state index contributed by atoms with van der Waals surface area (Å²) in [5, 5.41) is 10.2. The highest BCUT2D eigenvalue weighted by Crippen LogP contribution is 2.47. The third-order valence-corrected chi connectivity index (χ3v) is 11.4. The standard InChI is InChI=1S/C17H34O2Si/c1-9-15-16(18)10-14(8)17(15)19-20(11(2)3,12(4)5)13(6)7/h9,11-18H,1,10H2,2-8H3/t14-,15?,16-,17+/m1/s1. The van der Waals surface area contributed by atoms with Crippen LogP contribution in [0.25, 0.3) is 0 Å². The van der Waals surface area contributed by atoms with Crippen molar-refractivity contribution in [1.82, 2.24) is 0 Å². The van der Waals surface area contributed by atoms with E-state index >= 15 is 0 Å². The summed E-state index contributed by atoms with van der Waals surface area (Å²) in [6, 6.07) is 0. The molecule has 1 fully saturated rings. The Morgan fingerprint density at radius 3 is 1.90 bits per heavy atom. The molecule has 0 radical (unpaired) electrons. The van der Waals surface area contributed by atoms with Gasteiger partial charge in [0.05, 0.1) is 12.2 Å². The highest BCUT2D eigenvalue weighted by Gasteiger charge is 2.50. The van der Waals surface area contributed by atoms with E-state index in [2.05, 4.69) is 55.0 Å². The zero-order valence-electron chi connectivity index (χ0n) is 14.4. The van der Waals surface area contributed by atoms with Gasteiger partial charge >= 0.3 is 0 Å². The molecule has 0 spiro atoms. The average molecular weight is 299 g/mol. The molecule has 0 aromatic carbocycles. The molecule has 1 N–H and O–H groups in total. The average Bonchev–Trinajstić information content (AvgIpc) is 2.58. The summed E-state index contributed by atoms with van der Waals surface area (Å²) in [5.74, 6) is 0.504. The van der Waals surface area contributed by atoms with Crippen LogP contribution in [0.5, 0.6) is 0 Å². The van der Waals surface area contributed by atoms with Crippen molar-refractivity contribution >= 4 is 8.32 Å². The molecule has 0 saturated heterocycles. The first-order chi connectivity index (χ1) is 9.18. The van der Waals surface area contributed by atoms with Gasteiger partial charge in [-0.2, -0.15) is 0 Å². The quantitative estimate of drug-likeness (QED) is 0.566. The smallest absolute Gasteiger partial charge is 0.200 e. The van der Waals surface area contributed by atoms with Crippen LogP contribution < -0.4 is 0 Å². The Balaban J connectivity index is 3.09. The first kappa shape index (κ1) is 17.9. The monoisotopic (exact) mass is 298 g/mol. The third-order valence-electron chi connectivity index (χ3n) is 5.32. The number of hydrogen-bond acceptors (Lipinski definition) is 2. The van der Waals surface area contributed by atoms with Crippen LogP contribution in [0.15, 0.2) is 12.7 Å². The second kappa shape index (κ2) is 6.76. The second-order valence-electron chi connectivity index (χ2n) is 7.49. The van der Waals surface area contributed by atoms with Gasteiger partial charge < -0.3 is 9.53 Å². The summed E-state index contributed by atoms with van der Waals surface area (Å²) in [6.07, 6.45) is 2.59. The molecule has 1 unspecified atom stereocenters. The molecule has 0 aliphatic heterocycles. The normalized spacial score (nSPS) is 31.6. The van der Waals surface area contributed by atoms with Gasteiger partial charge in [0.25, 0.3) is 0 Å². The molecule has 2 nitrogen and oxygen atoms in total. The lowest BCUT2D eigenvalue weighted by Crippen LogP contribution is -2.51. The molecule has 118 valence electrons. The Kier molecular flexibility index (Phi) is 6.06. The molecule has 0 bridgehead atoms. The van der Waals surface area contributed by atoms with Crippen molar-refractivity contribution < 1.29 is 9.53 Å². The van der Waals surface area contributed by atoms with E-state index < -0.39 is 8.32 Å². The van der Waals surface area contributed by atoms with Crippen molar-refractivity contribution in [3.8, 4) is 0 Å². The Hall–Kier alpha value is -0.123. The van der Waals surface area contributed by atoms with Crippen LogP contribution in [0.2, 0.25) is 16.6 Å². The van der Waals surface area contributed by atoms with E-state index in [9.17, 15) is 5.11 Å². The largest absolute Gasteiger partial charge is 0.412 e. The molecular formula is C17H34O2Si. The highest BCUT2D eigenvalue weighted by molar-refractivity contribution is 6.77. The molecule has 1 rings (SSSR count). The molecule has 3 heteroatoms. The lowest BCUT2D eigenvalue weighted by molar-refractivity contribution is 0.0850. The second-order valence-corrected chi connectivity index (χ2v) is 12.9. The third kappa shape index (κ3) is 3.05. The van der Waals surface area contributed by atoms with Gasteiger partial charge in [-0.05, 0) is 29.0 Å². The Bertz CT molecular complexity index is 303. The molecule has 0 aromatic heterocycles. The van der Waals surface area contributed by atoms with Crippen LogP contribution >= 0.6 is 0 Å². The molecule has 1 saturated carbocycles. The Morgan fingerprint density at radius 1 is 1.10 bits per heavy atom. The lowest BCUT2D eigenvalue weighted by Gasteiger charge is -2.45. The van der Waals surface area contributed by atoms with E-state index in [1.165, 1.54) is 0 Å². The van der Waals surface area contributed by atoms with Crippen molar-refractivity contribution in [2.24, 2.45) is 11.8 Å². The number of hydrogen-bond donors (Lipinski definition) is 1. The van der Waals surface area contributed by atoms with Gasteiger partial charge in [-0.15, -0.1) is 6.58 Å². The summed E-state index contributed by atoms with van der Waals surface area (Å²) in [4.78, 5) is 0. The van der Waals surface area contributed by atoms with Crippen molar-refractivity contribution in [1.29, 1.82) is 0 Å².